The first-order valence-electron chi connectivity index (χ1n) is 7.30. The Morgan fingerprint density at radius 3 is 2.26 bits per heavy atom. The maximum Gasteiger partial charge on any atom is 0.304 e. The van der Waals surface area contributed by atoms with Gasteiger partial charge in [0.25, 0.3) is 0 Å². The summed E-state index contributed by atoms with van der Waals surface area (Å²) in [7, 11) is 0. The van der Waals surface area contributed by atoms with Crippen LogP contribution >= 0.6 is 22.6 Å². The van der Waals surface area contributed by atoms with Crippen molar-refractivity contribution < 1.29 is 14.7 Å². The smallest absolute Gasteiger partial charge is 0.304 e. The molecule has 0 fully saturated rings. The monoisotopic (exact) mass is 423 g/mol. The molecule has 0 aliphatic carbocycles. The van der Waals surface area contributed by atoms with Gasteiger partial charge in [0.2, 0.25) is 5.91 Å². The third-order valence-electron chi connectivity index (χ3n) is 3.77. The fourth-order valence-electron chi connectivity index (χ4n) is 2.44. The quantitative estimate of drug-likeness (QED) is 0.687. The molecule has 2 rings (SSSR count). The summed E-state index contributed by atoms with van der Waals surface area (Å²) in [4.78, 5) is 23.7. The number of carboxylic acid groups (broad SMARTS) is 1. The second kappa shape index (κ2) is 8.10. The van der Waals surface area contributed by atoms with Gasteiger partial charge in [-0.25, -0.2) is 0 Å². The van der Waals surface area contributed by atoms with Crippen LogP contribution in [0.2, 0.25) is 0 Å². The molecule has 0 aliphatic heterocycles. The number of halogens is 1. The molecule has 0 saturated carbocycles. The van der Waals surface area contributed by atoms with Gasteiger partial charge in [0.15, 0.2) is 0 Å². The van der Waals surface area contributed by atoms with E-state index in [4.69, 9.17) is 5.11 Å². The number of carbonyl (C=O) groups excluding carboxylic acids is 1. The van der Waals surface area contributed by atoms with E-state index in [1.165, 1.54) is 0 Å². The van der Waals surface area contributed by atoms with Crippen molar-refractivity contribution in [3.8, 4) is 0 Å². The van der Waals surface area contributed by atoms with Gasteiger partial charge in [-0.2, -0.15) is 0 Å². The summed E-state index contributed by atoms with van der Waals surface area (Å²) in [5.74, 6) is -2.06. The summed E-state index contributed by atoms with van der Waals surface area (Å²) in [6.45, 7) is 1.89. The van der Waals surface area contributed by atoms with E-state index in [9.17, 15) is 9.59 Å². The number of hydrogen-bond donors (Lipinski definition) is 2. The van der Waals surface area contributed by atoms with Crippen LogP contribution < -0.4 is 5.32 Å². The Bertz CT molecular complexity index is 670. The minimum absolute atomic E-state index is 0.184. The van der Waals surface area contributed by atoms with Gasteiger partial charge in [-0.05, 0) is 58.3 Å². The zero-order valence-electron chi connectivity index (χ0n) is 12.7. The Labute approximate surface area is 149 Å². The van der Waals surface area contributed by atoms with E-state index < -0.39 is 11.9 Å². The van der Waals surface area contributed by atoms with Gasteiger partial charge in [0, 0.05) is 9.26 Å². The highest BCUT2D eigenvalue weighted by Crippen LogP contribution is 2.28. The number of amides is 1. The summed E-state index contributed by atoms with van der Waals surface area (Å²) in [6, 6.07) is 16.9. The van der Waals surface area contributed by atoms with Crippen molar-refractivity contribution in [3.63, 3.8) is 0 Å². The summed E-state index contributed by atoms with van der Waals surface area (Å²) in [5, 5.41) is 12.0. The molecule has 0 aromatic heterocycles. The van der Waals surface area contributed by atoms with Crippen molar-refractivity contribution in [1.29, 1.82) is 0 Å². The van der Waals surface area contributed by atoms with Crippen LogP contribution in [0.25, 0.3) is 0 Å². The minimum Gasteiger partial charge on any atom is -0.481 e. The van der Waals surface area contributed by atoms with Gasteiger partial charge in [0.1, 0.15) is 0 Å². The van der Waals surface area contributed by atoms with Crippen molar-refractivity contribution in [2.75, 3.05) is 5.32 Å². The van der Waals surface area contributed by atoms with E-state index in [1.807, 2.05) is 61.5 Å². The average molecular weight is 423 g/mol. The first kappa shape index (κ1) is 17.5. The SMILES string of the molecule is CC(c1ccccc1)C(CC(=O)O)C(=O)Nc1ccc(I)cc1. The zero-order valence-corrected chi connectivity index (χ0v) is 14.9. The van der Waals surface area contributed by atoms with Crippen molar-refractivity contribution in [1.82, 2.24) is 0 Å². The molecule has 0 saturated heterocycles. The van der Waals surface area contributed by atoms with Gasteiger partial charge < -0.3 is 10.4 Å². The maximum atomic E-state index is 12.6. The summed E-state index contributed by atoms with van der Waals surface area (Å²) in [5.41, 5.74) is 1.63. The molecule has 2 aromatic rings. The van der Waals surface area contributed by atoms with Crippen LogP contribution in [-0.4, -0.2) is 17.0 Å². The van der Waals surface area contributed by atoms with Crippen molar-refractivity contribution in [2.45, 2.75) is 19.3 Å². The second-order valence-electron chi connectivity index (χ2n) is 5.40. The van der Waals surface area contributed by atoms with Crippen LogP contribution in [0.4, 0.5) is 5.69 Å². The molecular formula is C18H18INO3. The van der Waals surface area contributed by atoms with Crippen LogP contribution in [0.3, 0.4) is 0 Å². The first-order valence-corrected chi connectivity index (χ1v) is 8.38. The second-order valence-corrected chi connectivity index (χ2v) is 6.65. The van der Waals surface area contributed by atoms with E-state index in [2.05, 4.69) is 27.9 Å². The molecule has 1 amide bonds. The Balaban J connectivity index is 2.18. The molecule has 0 heterocycles. The lowest BCUT2D eigenvalue weighted by molar-refractivity contribution is -0.140. The van der Waals surface area contributed by atoms with E-state index in [1.54, 1.807) is 0 Å². The predicted molar refractivity (Wildman–Crippen MR) is 98.4 cm³/mol. The van der Waals surface area contributed by atoms with Crippen LogP contribution in [0, 0.1) is 9.49 Å². The molecule has 2 atom stereocenters. The highest BCUT2D eigenvalue weighted by molar-refractivity contribution is 14.1. The number of carbonyl (C=O) groups is 2. The maximum absolute atomic E-state index is 12.6. The molecule has 5 heteroatoms. The number of anilines is 1. The molecule has 0 aliphatic rings. The zero-order chi connectivity index (χ0) is 16.8. The summed E-state index contributed by atoms with van der Waals surface area (Å²) >= 11 is 2.19. The highest BCUT2D eigenvalue weighted by Gasteiger charge is 2.28. The van der Waals surface area contributed by atoms with Crippen molar-refractivity contribution in [3.05, 3.63) is 63.7 Å². The number of nitrogens with one attached hydrogen (secondary N) is 1. The molecule has 0 spiro atoms. The van der Waals surface area contributed by atoms with Crippen molar-refractivity contribution >= 4 is 40.2 Å². The molecule has 120 valence electrons. The highest BCUT2D eigenvalue weighted by atomic mass is 127. The van der Waals surface area contributed by atoms with Gasteiger partial charge in [-0.1, -0.05) is 37.3 Å². The Kier molecular flexibility index (Phi) is 6.15. The number of rotatable bonds is 6. The largest absolute Gasteiger partial charge is 0.481 e. The fourth-order valence-corrected chi connectivity index (χ4v) is 2.80. The number of aliphatic carboxylic acids is 1. The van der Waals surface area contributed by atoms with E-state index >= 15 is 0 Å². The molecule has 2 N–H and O–H groups in total. The summed E-state index contributed by atoms with van der Waals surface area (Å²) < 4.78 is 1.07. The lowest BCUT2D eigenvalue weighted by atomic mass is 9.84. The van der Waals surface area contributed by atoms with Crippen LogP contribution in [0.1, 0.15) is 24.8 Å². The van der Waals surface area contributed by atoms with Gasteiger partial charge in [0.05, 0.1) is 12.3 Å². The van der Waals surface area contributed by atoms with Crippen LogP contribution in [0.15, 0.2) is 54.6 Å². The molecule has 4 nitrogen and oxygen atoms in total. The van der Waals surface area contributed by atoms with E-state index in [0.29, 0.717) is 5.69 Å². The topological polar surface area (TPSA) is 66.4 Å². The lowest BCUT2D eigenvalue weighted by Crippen LogP contribution is -2.29. The number of carboxylic acids is 1. The molecule has 23 heavy (non-hydrogen) atoms. The fraction of sp³-hybridized carbons (Fsp3) is 0.222. The third kappa shape index (κ3) is 5.06. The predicted octanol–water partition coefficient (Wildman–Crippen LogP) is 4.12. The molecule has 2 unspecified atom stereocenters. The lowest BCUT2D eigenvalue weighted by Gasteiger charge is -2.22. The number of hydrogen-bond acceptors (Lipinski definition) is 2. The Morgan fingerprint density at radius 2 is 1.70 bits per heavy atom. The Morgan fingerprint density at radius 1 is 1.09 bits per heavy atom. The average Bonchev–Trinajstić information content (AvgIpc) is 2.54. The third-order valence-corrected chi connectivity index (χ3v) is 4.49. The molecular weight excluding hydrogens is 405 g/mol. The van der Waals surface area contributed by atoms with Gasteiger partial charge in [-0.3, -0.25) is 9.59 Å². The molecule has 2 aromatic carbocycles. The Hall–Kier alpha value is -1.89. The molecule has 0 radical (unpaired) electrons. The van der Waals surface area contributed by atoms with E-state index in [0.717, 1.165) is 9.13 Å². The standard InChI is InChI=1S/C18H18INO3/c1-12(13-5-3-2-4-6-13)16(11-17(21)22)18(23)20-15-9-7-14(19)8-10-15/h2-10,12,16H,11H2,1H3,(H,20,23)(H,21,22). The van der Waals surface area contributed by atoms with Gasteiger partial charge >= 0.3 is 5.97 Å². The van der Waals surface area contributed by atoms with Gasteiger partial charge in [-0.15, -0.1) is 0 Å². The van der Waals surface area contributed by atoms with Crippen LogP contribution in [-0.2, 0) is 9.59 Å². The number of benzene rings is 2. The minimum atomic E-state index is -0.976. The first-order chi connectivity index (χ1) is 11.0. The molecule has 0 bridgehead atoms. The van der Waals surface area contributed by atoms with Crippen molar-refractivity contribution in [2.24, 2.45) is 5.92 Å². The van der Waals surface area contributed by atoms with E-state index in [-0.39, 0.29) is 18.2 Å². The summed E-state index contributed by atoms with van der Waals surface area (Å²) in [6.07, 6.45) is -0.202. The van der Waals surface area contributed by atoms with Crippen LogP contribution in [0.5, 0.6) is 0 Å². The normalized spacial score (nSPS) is 13.1.